The quantitative estimate of drug-likeness (QED) is 0.350. The third kappa shape index (κ3) is 4.47. The third-order valence-corrected chi connectivity index (χ3v) is 3.76. The van der Waals surface area contributed by atoms with Crippen LogP contribution in [0.4, 0.5) is 28.4 Å². The number of hydrogen-bond acceptors (Lipinski definition) is 7. The van der Waals surface area contributed by atoms with Crippen molar-refractivity contribution in [3.05, 3.63) is 98.6 Å². The molecule has 0 aliphatic carbocycles. The number of nitro groups is 2. The first-order chi connectivity index (χ1) is 13.5. The smallest absolute Gasteiger partial charge is 0.287 e. The molecule has 0 fully saturated rings. The lowest BCUT2D eigenvalue weighted by atomic mass is 10.1. The van der Waals surface area contributed by atoms with Crippen LogP contribution in [0.5, 0.6) is 0 Å². The van der Waals surface area contributed by atoms with Crippen LogP contribution in [0, 0.1) is 20.2 Å². The van der Waals surface area contributed by atoms with Gasteiger partial charge in [-0.15, -0.1) is 0 Å². The zero-order valence-corrected chi connectivity index (χ0v) is 14.5. The van der Waals surface area contributed by atoms with E-state index in [0.29, 0.717) is 11.4 Å². The van der Waals surface area contributed by atoms with Gasteiger partial charge in [-0.05, 0) is 24.3 Å². The van der Waals surface area contributed by atoms with Gasteiger partial charge in [0.1, 0.15) is 0 Å². The van der Waals surface area contributed by atoms with Crippen molar-refractivity contribution in [3.8, 4) is 0 Å². The molecule has 9 heteroatoms. The lowest BCUT2D eigenvalue weighted by Crippen LogP contribution is -2.04. The predicted octanol–water partition coefficient (Wildman–Crippen LogP) is 4.69. The zero-order valence-electron chi connectivity index (χ0n) is 14.5. The van der Waals surface area contributed by atoms with Crippen LogP contribution in [-0.4, -0.2) is 16.1 Å². The maximum absolute atomic E-state index is 11.5. The van der Waals surface area contributed by atoms with E-state index in [1.807, 2.05) is 24.3 Å². The monoisotopic (exact) mass is 377 g/mol. The van der Waals surface area contributed by atoms with Crippen molar-refractivity contribution in [3.63, 3.8) is 0 Å². The molecule has 0 bridgehead atoms. The fourth-order valence-corrected chi connectivity index (χ4v) is 2.48. The molecular formula is C19H15N5O4. The molecule has 0 aliphatic rings. The summed E-state index contributed by atoms with van der Waals surface area (Å²) in [4.78, 5) is 21.4. The van der Waals surface area contributed by atoms with Crippen molar-refractivity contribution in [1.29, 1.82) is 0 Å². The first-order valence-electron chi connectivity index (χ1n) is 8.17. The molecule has 0 amide bonds. The highest BCUT2D eigenvalue weighted by Gasteiger charge is 2.23. The molecule has 28 heavy (non-hydrogen) atoms. The number of non-ortho nitro benzene ring substituents is 1. The number of para-hydroxylation sites is 2. The molecule has 0 spiro atoms. The summed E-state index contributed by atoms with van der Waals surface area (Å²) in [5.74, 6) is 0. The molecule has 0 saturated heterocycles. The van der Waals surface area contributed by atoms with Gasteiger partial charge in [-0.2, -0.15) is 5.10 Å². The second-order valence-corrected chi connectivity index (χ2v) is 5.67. The molecule has 140 valence electrons. The van der Waals surface area contributed by atoms with Crippen molar-refractivity contribution >= 4 is 34.7 Å². The highest BCUT2D eigenvalue weighted by molar-refractivity contribution is 5.95. The van der Waals surface area contributed by atoms with Crippen LogP contribution < -0.4 is 10.7 Å². The first-order valence-corrected chi connectivity index (χ1v) is 8.17. The number of hydrazone groups is 1. The first kappa shape index (κ1) is 18.5. The average molecular weight is 377 g/mol. The van der Waals surface area contributed by atoms with Crippen LogP contribution in [0.2, 0.25) is 0 Å². The van der Waals surface area contributed by atoms with Crippen LogP contribution in [0.15, 0.2) is 77.9 Å². The number of nitrogens with zero attached hydrogens (tertiary/aromatic N) is 3. The second kappa shape index (κ2) is 8.41. The summed E-state index contributed by atoms with van der Waals surface area (Å²) in [6.45, 7) is 0. The molecule has 0 heterocycles. The summed E-state index contributed by atoms with van der Waals surface area (Å²) >= 11 is 0. The molecular weight excluding hydrogens is 362 g/mol. The summed E-state index contributed by atoms with van der Waals surface area (Å²) in [6.07, 6.45) is 1.26. The van der Waals surface area contributed by atoms with E-state index in [9.17, 15) is 20.2 Å². The van der Waals surface area contributed by atoms with Crippen molar-refractivity contribution < 1.29 is 9.85 Å². The Morgan fingerprint density at radius 2 is 1.43 bits per heavy atom. The van der Waals surface area contributed by atoms with Gasteiger partial charge in [0.05, 0.1) is 39.1 Å². The number of benzene rings is 3. The van der Waals surface area contributed by atoms with Gasteiger partial charge >= 0.3 is 0 Å². The van der Waals surface area contributed by atoms with Gasteiger partial charge in [-0.1, -0.05) is 36.4 Å². The van der Waals surface area contributed by atoms with Crippen molar-refractivity contribution in [2.45, 2.75) is 0 Å². The predicted molar refractivity (Wildman–Crippen MR) is 107 cm³/mol. The molecule has 0 atom stereocenters. The summed E-state index contributed by atoms with van der Waals surface area (Å²) in [7, 11) is 0. The minimum absolute atomic E-state index is 0.114. The molecule has 3 rings (SSSR count). The average Bonchev–Trinajstić information content (AvgIpc) is 2.70. The molecule has 2 N–H and O–H groups in total. The summed E-state index contributed by atoms with van der Waals surface area (Å²) in [5, 5.41) is 29.7. The van der Waals surface area contributed by atoms with Crippen LogP contribution in [-0.2, 0) is 0 Å². The van der Waals surface area contributed by atoms with Crippen molar-refractivity contribution in [2.24, 2.45) is 5.10 Å². The Bertz CT molecular complexity index is 1020. The Hall–Kier alpha value is -4.27. The molecule has 0 aromatic heterocycles. The number of hydrogen-bond donors (Lipinski definition) is 2. The lowest BCUT2D eigenvalue weighted by Gasteiger charge is -2.10. The fraction of sp³-hybridized carbons (Fsp3) is 0. The maximum atomic E-state index is 11.5. The van der Waals surface area contributed by atoms with Gasteiger partial charge in [-0.3, -0.25) is 25.7 Å². The Morgan fingerprint density at radius 1 is 0.821 bits per heavy atom. The lowest BCUT2D eigenvalue weighted by molar-refractivity contribution is -0.394. The van der Waals surface area contributed by atoms with Crippen LogP contribution >= 0.6 is 0 Å². The Kier molecular flexibility index (Phi) is 5.56. The molecule has 0 radical (unpaired) electrons. The van der Waals surface area contributed by atoms with E-state index < -0.39 is 21.2 Å². The number of nitrogens with one attached hydrogen (secondary N) is 2. The van der Waals surface area contributed by atoms with E-state index in [4.69, 9.17) is 0 Å². The standard InChI is InChI=1S/C19H15N5O4/c25-23(26)16-11-18(21-14-7-3-1-4-8-14)17(19(12-16)24(27)28)13-20-22-15-9-5-2-6-10-15/h1-13,21-22H/b20-13-. The number of nitro benzene ring substituents is 2. The molecule has 0 saturated carbocycles. The Morgan fingerprint density at radius 3 is 2.00 bits per heavy atom. The number of anilines is 3. The van der Waals surface area contributed by atoms with Crippen molar-refractivity contribution in [2.75, 3.05) is 10.7 Å². The molecule has 0 unspecified atom stereocenters. The fourth-order valence-electron chi connectivity index (χ4n) is 2.48. The van der Waals surface area contributed by atoms with E-state index in [1.54, 1.807) is 36.4 Å². The van der Waals surface area contributed by atoms with Crippen LogP contribution in [0.3, 0.4) is 0 Å². The third-order valence-electron chi connectivity index (χ3n) is 3.76. The number of rotatable bonds is 7. The van der Waals surface area contributed by atoms with E-state index in [1.165, 1.54) is 12.3 Å². The highest BCUT2D eigenvalue weighted by atomic mass is 16.6. The molecule has 9 nitrogen and oxygen atoms in total. The molecule has 3 aromatic rings. The van der Waals surface area contributed by atoms with Gasteiger partial charge in [0.15, 0.2) is 0 Å². The normalized spacial score (nSPS) is 10.6. The summed E-state index contributed by atoms with van der Waals surface area (Å²) in [6, 6.07) is 20.0. The van der Waals surface area contributed by atoms with E-state index >= 15 is 0 Å². The van der Waals surface area contributed by atoms with Crippen LogP contribution in [0.25, 0.3) is 0 Å². The SMILES string of the molecule is O=[N+]([O-])c1cc(Nc2ccccc2)c(/C=N\Nc2ccccc2)c([N+](=O)[O-])c1. The van der Waals surface area contributed by atoms with Crippen LogP contribution in [0.1, 0.15) is 5.56 Å². The van der Waals surface area contributed by atoms with E-state index in [-0.39, 0.29) is 11.3 Å². The van der Waals surface area contributed by atoms with Gasteiger partial charge in [0, 0.05) is 11.8 Å². The molecule has 0 aliphatic heterocycles. The molecule has 3 aromatic carbocycles. The summed E-state index contributed by atoms with van der Waals surface area (Å²) < 4.78 is 0. The minimum atomic E-state index is -0.674. The summed E-state index contributed by atoms with van der Waals surface area (Å²) in [5.41, 5.74) is 3.59. The Labute approximate surface area is 159 Å². The maximum Gasteiger partial charge on any atom is 0.287 e. The van der Waals surface area contributed by atoms with Crippen molar-refractivity contribution in [1.82, 2.24) is 0 Å². The largest absolute Gasteiger partial charge is 0.355 e. The van der Waals surface area contributed by atoms with E-state index in [0.717, 1.165) is 6.07 Å². The van der Waals surface area contributed by atoms with Gasteiger partial charge in [-0.25, -0.2) is 0 Å². The van der Waals surface area contributed by atoms with Gasteiger partial charge in [0.2, 0.25) is 0 Å². The minimum Gasteiger partial charge on any atom is -0.355 e. The second-order valence-electron chi connectivity index (χ2n) is 5.67. The van der Waals surface area contributed by atoms with Gasteiger partial charge < -0.3 is 5.32 Å². The van der Waals surface area contributed by atoms with Gasteiger partial charge in [0.25, 0.3) is 11.4 Å². The zero-order chi connectivity index (χ0) is 19.9. The van der Waals surface area contributed by atoms with E-state index in [2.05, 4.69) is 15.8 Å². The Balaban J connectivity index is 2.03. The highest BCUT2D eigenvalue weighted by Crippen LogP contribution is 2.33. The topological polar surface area (TPSA) is 123 Å².